The van der Waals surface area contributed by atoms with Crippen LogP contribution in [0, 0.1) is 0 Å². The fraction of sp³-hybridized carbons (Fsp3) is 0.444. The minimum atomic E-state index is 0.521. The second-order valence-electron chi connectivity index (χ2n) is 6.82. The molecule has 5 rings (SSSR count). The maximum atomic E-state index is 4.62. The van der Waals surface area contributed by atoms with Crippen LogP contribution < -0.4 is 4.90 Å². The molecule has 0 N–H and O–H groups in total. The fourth-order valence-corrected chi connectivity index (χ4v) is 4.48. The lowest BCUT2D eigenvalue weighted by atomic mass is 9.78. The maximum Gasteiger partial charge on any atom is 0.200 e. The van der Waals surface area contributed by atoms with Gasteiger partial charge in [-0.25, -0.2) is 0 Å². The van der Waals surface area contributed by atoms with Gasteiger partial charge in [0.2, 0.25) is 0 Å². The summed E-state index contributed by atoms with van der Waals surface area (Å²) in [7, 11) is 0. The Morgan fingerprint density at radius 3 is 2.96 bits per heavy atom. The van der Waals surface area contributed by atoms with Gasteiger partial charge in [-0.3, -0.25) is 0 Å². The first kappa shape index (κ1) is 13.9. The second-order valence-corrected chi connectivity index (χ2v) is 6.82. The third-order valence-electron chi connectivity index (χ3n) is 5.53. The molecule has 0 amide bonds. The molecular formula is C18H20N6. The monoisotopic (exact) mass is 320 g/mol. The summed E-state index contributed by atoms with van der Waals surface area (Å²) in [5, 5.41) is 16.2. The van der Waals surface area contributed by atoms with Crippen LogP contribution in [-0.2, 0) is 6.42 Å². The molecule has 1 aliphatic carbocycles. The Balaban J connectivity index is 1.51. The van der Waals surface area contributed by atoms with E-state index >= 15 is 0 Å². The third-order valence-corrected chi connectivity index (χ3v) is 5.53. The maximum absolute atomic E-state index is 4.62. The van der Waals surface area contributed by atoms with E-state index in [4.69, 9.17) is 0 Å². The highest BCUT2D eigenvalue weighted by Gasteiger charge is 2.35. The van der Waals surface area contributed by atoms with Gasteiger partial charge < -0.3 is 4.90 Å². The van der Waals surface area contributed by atoms with E-state index in [9.17, 15) is 0 Å². The van der Waals surface area contributed by atoms with Crippen molar-refractivity contribution in [3.8, 4) is 0 Å². The van der Waals surface area contributed by atoms with Crippen molar-refractivity contribution in [3.63, 3.8) is 0 Å². The SMILES string of the molecule is c1ccc2c(c1)CCC[C@@H]2[C@H]1CCCN1c1ccc2nnnn2n1. The van der Waals surface area contributed by atoms with Crippen molar-refractivity contribution in [1.29, 1.82) is 0 Å². The zero-order valence-electron chi connectivity index (χ0n) is 13.5. The lowest BCUT2D eigenvalue weighted by Crippen LogP contribution is -2.36. The molecule has 2 atom stereocenters. The molecule has 6 heteroatoms. The lowest BCUT2D eigenvalue weighted by Gasteiger charge is -2.36. The van der Waals surface area contributed by atoms with E-state index in [2.05, 4.69) is 55.9 Å². The first-order chi connectivity index (χ1) is 11.9. The van der Waals surface area contributed by atoms with Gasteiger partial charge in [-0.2, -0.15) is 0 Å². The summed E-state index contributed by atoms with van der Waals surface area (Å²) in [5.74, 6) is 1.59. The average molecular weight is 320 g/mol. The van der Waals surface area contributed by atoms with Crippen LogP contribution in [0.5, 0.6) is 0 Å². The largest absolute Gasteiger partial charge is 0.352 e. The number of anilines is 1. The molecule has 2 aliphatic rings. The number of aryl methyl sites for hydroxylation is 1. The van der Waals surface area contributed by atoms with Crippen LogP contribution in [0.4, 0.5) is 5.82 Å². The van der Waals surface area contributed by atoms with Gasteiger partial charge in [0.05, 0.1) is 0 Å². The zero-order valence-corrected chi connectivity index (χ0v) is 13.5. The van der Waals surface area contributed by atoms with Crippen molar-refractivity contribution in [1.82, 2.24) is 25.3 Å². The number of tetrazole rings is 1. The second kappa shape index (κ2) is 5.54. The molecule has 1 fully saturated rings. The van der Waals surface area contributed by atoms with Gasteiger partial charge in [0.1, 0.15) is 0 Å². The molecular weight excluding hydrogens is 300 g/mol. The summed E-state index contributed by atoms with van der Waals surface area (Å²) >= 11 is 0. The molecule has 2 aromatic heterocycles. The van der Waals surface area contributed by atoms with Crippen molar-refractivity contribution in [2.45, 2.75) is 44.1 Å². The Morgan fingerprint density at radius 2 is 1.96 bits per heavy atom. The van der Waals surface area contributed by atoms with E-state index in [1.807, 2.05) is 6.07 Å². The molecule has 1 aromatic carbocycles. The van der Waals surface area contributed by atoms with Gasteiger partial charge in [-0.15, -0.1) is 14.8 Å². The van der Waals surface area contributed by atoms with Crippen LogP contribution in [0.3, 0.4) is 0 Å². The highest BCUT2D eigenvalue weighted by Crippen LogP contribution is 2.40. The smallest absolute Gasteiger partial charge is 0.200 e. The molecule has 0 saturated carbocycles. The Morgan fingerprint density at radius 1 is 1.00 bits per heavy atom. The third kappa shape index (κ3) is 2.17. The van der Waals surface area contributed by atoms with E-state index in [0.717, 1.165) is 12.4 Å². The van der Waals surface area contributed by atoms with Gasteiger partial charge in [-0.05, 0) is 65.8 Å². The van der Waals surface area contributed by atoms with Crippen LogP contribution in [0.15, 0.2) is 36.4 Å². The molecule has 6 nitrogen and oxygen atoms in total. The molecule has 1 saturated heterocycles. The van der Waals surface area contributed by atoms with Crippen LogP contribution in [0.1, 0.15) is 42.7 Å². The Labute approximate surface area is 140 Å². The quantitative estimate of drug-likeness (QED) is 0.726. The summed E-state index contributed by atoms with van der Waals surface area (Å²) < 4.78 is 1.53. The predicted molar refractivity (Wildman–Crippen MR) is 91.1 cm³/mol. The van der Waals surface area contributed by atoms with Crippen molar-refractivity contribution in [3.05, 3.63) is 47.5 Å². The first-order valence-electron chi connectivity index (χ1n) is 8.80. The molecule has 0 bridgehead atoms. The molecule has 3 aromatic rings. The van der Waals surface area contributed by atoms with E-state index in [0.29, 0.717) is 17.6 Å². The minimum Gasteiger partial charge on any atom is -0.352 e. The summed E-state index contributed by atoms with van der Waals surface area (Å²) in [6, 6.07) is 13.5. The summed E-state index contributed by atoms with van der Waals surface area (Å²) in [6.45, 7) is 1.06. The van der Waals surface area contributed by atoms with Crippen molar-refractivity contribution < 1.29 is 0 Å². The van der Waals surface area contributed by atoms with Crippen LogP contribution >= 0.6 is 0 Å². The number of aromatic nitrogens is 5. The normalized spacial score (nSPS) is 23.6. The molecule has 0 spiro atoms. The summed E-state index contributed by atoms with van der Waals surface area (Å²) in [6.07, 6.45) is 6.22. The molecule has 3 heterocycles. The molecule has 24 heavy (non-hydrogen) atoms. The molecule has 0 unspecified atom stereocenters. The Bertz CT molecular complexity index is 873. The zero-order chi connectivity index (χ0) is 15.9. The predicted octanol–water partition coefficient (Wildman–Crippen LogP) is 2.61. The number of benzene rings is 1. The van der Waals surface area contributed by atoms with E-state index in [1.165, 1.54) is 42.3 Å². The number of rotatable bonds is 2. The van der Waals surface area contributed by atoms with Gasteiger partial charge in [0.15, 0.2) is 11.5 Å². The lowest BCUT2D eigenvalue weighted by molar-refractivity contribution is 0.458. The number of hydrogen-bond acceptors (Lipinski definition) is 5. The number of fused-ring (bicyclic) bond motifs is 2. The Kier molecular flexibility index (Phi) is 3.21. The summed E-state index contributed by atoms with van der Waals surface area (Å²) in [5.41, 5.74) is 3.77. The number of nitrogens with zero attached hydrogens (tertiary/aromatic N) is 6. The molecule has 1 aliphatic heterocycles. The Hall–Kier alpha value is -2.50. The van der Waals surface area contributed by atoms with Crippen molar-refractivity contribution in [2.75, 3.05) is 11.4 Å². The van der Waals surface area contributed by atoms with Gasteiger partial charge >= 0.3 is 0 Å². The van der Waals surface area contributed by atoms with Crippen molar-refractivity contribution >= 4 is 11.5 Å². The van der Waals surface area contributed by atoms with Crippen LogP contribution in [-0.4, -0.2) is 37.8 Å². The van der Waals surface area contributed by atoms with E-state index in [1.54, 1.807) is 5.56 Å². The average Bonchev–Trinajstić information content (AvgIpc) is 3.29. The topological polar surface area (TPSA) is 59.2 Å². The highest BCUT2D eigenvalue weighted by molar-refractivity contribution is 5.47. The fourth-order valence-electron chi connectivity index (χ4n) is 4.48. The van der Waals surface area contributed by atoms with E-state index in [-0.39, 0.29) is 0 Å². The number of hydrogen-bond donors (Lipinski definition) is 0. The van der Waals surface area contributed by atoms with Crippen LogP contribution in [0.2, 0.25) is 0 Å². The highest BCUT2D eigenvalue weighted by atomic mass is 15.6. The van der Waals surface area contributed by atoms with Gasteiger partial charge in [0.25, 0.3) is 0 Å². The van der Waals surface area contributed by atoms with Crippen LogP contribution in [0.25, 0.3) is 5.65 Å². The first-order valence-corrected chi connectivity index (χ1v) is 8.80. The molecule has 122 valence electrons. The van der Waals surface area contributed by atoms with Crippen molar-refractivity contribution in [2.24, 2.45) is 0 Å². The minimum absolute atomic E-state index is 0.521. The van der Waals surface area contributed by atoms with E-state index < -0.39 is 0 Å². The summed E-state index contributed by atoms with van der Waals surface area (Å²) in [4.78, 5) is 2.47. The van der Waals surface area contributed by atoms with Gasteiger partial charge in [0, 0.05) is 18.5 Å². The standard InChI is InChI=1S/C18H20N6/c1-2-7-14-13(5-1)6-3-8-15(14)16-9-4-12-23(16)18-11-10-17-19-21-22-24(17)20-18/h1-2,5,7,10-11,15-16H,3-4,6,8-9,12H2/t15-,16+/m0/s1. The molecule has 0 radical (unpaired) electrons. The van der Waals surface area contributed by atoms with Gasteiger partial charge in [-0.1, -0.05) is 24.3 Å².